The monoisotopic (exact) mass is 308 g/mol. The van der Waals surface area contributed by atoms with Crippen LogP contribution in [0.1, 0.15) is 15.9 Å². The highest BCUT2D eigenvalue weighted by atomic mass is 79.9. The van der Waals surface area contributed by atoms with Gasteiger partial charge in [-0.05, 0) is 52.7 Å². The second-order valence-corrected chi connectivity index (χ2v) is 4.67. The molecule has 2 aromatic carbocycles. The maximum Gasteiger partial charge on any atom is 0.173 e. The molecule has 0 aliphatic rings. The molecule has 0 N–H and O–H groups in total. The van der Waals surface area contributed by atoms with E-state index in [0.717, 1.165) is 5.56 Å². The minimum atomic E-state index is -0.563. The molecule has 92 valence electrons. The molecule has 0 saturated heterocycles. The molecule has 0 heterocycles. The summed E-state index contributed by atoms with van der Waals surface area (Å²) in [6.07, 6.45) is 0.570. The number of carbonyl (C=O) groups excluding carboxylic acids is 1. The standard InChI is InChI=1S/C14H10BrFO2/c1-9-5-6-13(11(15)7-9)18-14-10(8-17)3-2-4-12(14)16/h2-8H,1H3. The quantitative estimate of drug-likeness (QED) is 0.780. The van der Waals surface area contributed by atoms with Crippen LogP contribution in [-0.4, -0.2) is 6.29 Å². The first kappa shape index (κ1) is 12.8. The zero-order valence-corrected chi connectivity index (χ0v) is 11.2. The Hall–Kier alpha value is -1.68. The Morgan fingerprint density at radius 2 is 2.06 bits per heavy atom. The number of hydrogen-bond donors (Lipinski definition) is 0. The lowest BCUT2D eigenvalue weighted by atomic mass is 10.2. The van der Waals surface area contributed by atoms with Crippen LogP contribution in [0, 0.1) is 12.7 Å². The van der Waals surface area contributed by atoms with Crippen LogP contribution >= 0.6 is 15.9 Å². The first-order chi connectivity index (χ1) is 8.61. The van der Waals surface area contributed by atoms with Gasteiger partial charge in [0.1, 0.15) is 5.75 Å². The topological polar surface area (TPSA) is 26.3 Å². The van der Waals surface area contributed by atoms with Gasteiger partial charge in [-0.1, -0.05) is 12.1 Å². The Balaban J connectivity index is 2.42. The molecule has 0 atom stereocenters. The van der Waals surface area contributed by atoms with Crippen LogP contribution in [-0.2, 0) is 0 Å². The summed E-state index contributed by atoms with van der Waals surface area (Å²) in [6, 6.07) is 9.66. The fraction of sp³-hybridized carbons (Fsp3) is 0.0714. The van der Waals surface area contributed by atoms with E-state index in [1.165, 1.54) is 18.2 Å². The first-order valence-electron chi connectivity index (χ1n) is 5.29. The van der Waals surface area contributed by atoms with Gasteiger partial charge < -0.3 is 4.74 Å². The third kappa shape index (κ3) is 2.59. The van der Waals surface area contributed by atoms with Crippen molar-refractivity contribution in [3.8, 4) is 11.5 Å². The number of rotatable bonds is 3. The summed E-state index contributed by atoms with van der Waals surface area (Å²) >= 11 is 3.34. The zero-order valence-electron chi connectivity index (χ0n) is 9.61. The van der Waals surface area contributed by atoms with Gasteiger partial charge in [0, 0.05) is 0 Å². The number of ether oxygens (including phenoxy) is 1. The molecule has 0 amide bonds. The van der Waals surface area contributed by atoms with Crippen molar-refractivity contribution in [3.05, 3.63) is 57.8 Å². The van der Waals surface area contributed by atoms with Crippen LogP contribution < -0.4 is 4.74 Å². The smallest absolute Gasteiger partial charge is 0.173 e. The van der Waals surface area contributed by atoms with Crippen molar-refractivity contribution in [1.82, 2.24) is 0 Å². The molecule has 0 spiro atoms. The van der Waals surface area contributed by atoms with Crippen molar-refractivity contribution < 1.29 is 13.9 Å². The molecule has 18 heavy (non-hydrogen) atoms. The van der Waals surface area contributed by atoms with Gasteiger partial charge in [0.05, 0.1) is 10.0 Å². The Bertz CT molecular complexity index is 596. The summed E-state index contributed by atoms with van der Waals surface area (Å²) in [5.41, 5.74) is 1.24. The molecular formula is C14H10BrFO2. The highest BCUT2D eigenvalue weighted by Crippen LogP contribution is 2.33. The zero-order chi connectivity index (χ0) is 13.1. The predicted octanol–water partition coefficient (Wildman–Crippen LogP) is 4.50. The summed E-state index contributed by atoms with van der Waals surface area (Å²) in [4.78, 5) is 10.9. The largest absolute Gasteiger partial charge is 0.452 e. The van der Waals surface area contributed by atoms with Crippen molar-refractivity contribution in [2.24, 2.45) is 0 Å². The van der Waals surface area contributed by atoms with Crippen molar-refractivity contribution in [3.63, 3.8) is 0 Å². The molecule has 2 nitrogen and oxygen atoms in total. The van der Waals surface area contributed by atoms with Gasteiger partial charge in [0.15, 0.2) is 17.9 Å². The van der Waals surface area contributed by atoms with Crippen LogP contribution in [0.15, 0.2) is 40.9 Å². The fourth-order valence-corrected chi connectivity index (χ4v) is 2.10. The molecule has 0 radical (unpaired) electrons. The van der Waals surface area contributed by atoms with E-state index in [0.29, 0.717) is 16.5 Å². The van der Waals surface area contributed by atoms with E-state index in [4.69, 9.17) is 4.74 Å². The molecule has 4 heteroatoms. The van der Waals surface area contributed by atoms with Gasteiger partial charge in [-0.25, -0.2) is 4.39 Å². The first-order valence-corrected chi connectivity index (χ1v) is 6.09. The van der Waals surface area contributed by atoms with Crippen LogP contribution in [0.4, 0.5) is 4.39 Å². The number of hydrogen-bond acceptors (Lipinski definition) is 2. The molecule has 0 aliphatic carbocycles. The molecule has 2 aromatic rings. The van der Waals surface area contributed by atoms with E-state index < -0.39 is 5.82 Å². The van der Waals surface area contributed by atoms with E-state index in [1.54, 1.807) is 6.07 Å². The summed E-state index contributed by atoms with van der Waals surface area (Å²) in [7, 11) is 0. The number of aryl methyl sites for hydroxylation is 1. The van der Waals surface area contributed by atoms with E-state index in [2.05, 4.69) is 15.9 Å². The Morgan fingerprint density at radius 3 is 2.72 bits per heavy atom. The SMILES string of the molecule is Cc1ccc(Oc2c(F)cccc2C=O)c(Br)c1. The molecule has 0 aromatic heterocycles. The third-order valence-electron chi connectivity index (χ3n) is 2.42. The molecule has 0 fully saturated rings. The van der Waals surface area contributed by atoms with Gasteiger partial charge >= 0.3 is 0 Å². The van der Waals surface area contributed by atoms with Crippen molar-refractivity contribution >= 4 is 22.2 Å². The molecule has 2 rings (SSSR count). The van der Waals surface area contributed by atoms with Gasteiger partial charge in [-0.15, -0.1) is 0 Å². The van der Waals surface area contributed by atoms with Gasteiger partial charge in [-0.3, -0.25) is 4.79 Å². The minimum absolute atomic E-state index is 0.0583. The highest BCUT2D eigenvalue weighted by molar-refractivity contribution is 9.10. The average molecular weight is 309 g/mol. The van der Waals surface area contributed by atoms with E-state index >= 15 is 0 Å². The van der Waals surface area contributed by atoms with E-state index in [-0.39, 0.29) is 11.3 Å². The molecule has 0 unspecified atom stereocenters. The van der Waals surface area contributed by atoms with Crippen LogP contribution in [0.5, 0.6) is 11.5 Å². The van der Waals surface area contributed by atoms with Crippen molar-refractivity contribution in [2.75, 3.05) is 0 Å². The molecule has 0 bridgehead atoms. The lowest BCUT2D eigenvalue weighted by Crippen LogP contribution is -1.94. The Kier molecular flexibility index (Phi) is 3.77. The van der Waals surface area contributed by atoms with Crippen LogP contribution in [0.25, 0.3) is 0 Å². The third-order valence-corrected chi connectivity index (χ3v) is 3.04. The summed E-state index contributed by atoms with van der Waals surface area (Å²) in [5, 5.41) is 0. The normalized spacial score (nSPS) is 10.2. The van der Waals surface area contributed by atoms with Crippen LogP contribution in [0.2, 0.25) is 0 Å². The van der Waals surface area contributed by atoms with Gasteiger partial charge in [-0.2, -0.15) is 0 Å². The Morgan fingerprint density at radius 1 is 1.28 bits per heavy atom. The lowest BCUT2D eigenvalue weighted by Gasteiger charge is -2.10. The average Bonchev–Trinajstić information content (AvgIpc) is 2.34. The number of para-hydroxylation sites is 1. The van der Waals surface area contributed by atoms with Crippen molar-refractivity contribution in [1.29, 1.82) is 0 Å². The van der Waals surface area contributed by atoms with E-state index in [1.807, 2.05) is 19.1 Å². The summed E-state index contributed by atoms with van der Waals surface area (Å²) in [5.74, 6) is -0.155. The summed E-state index contributed by atoms with van der Waals surface area (Å²) < 4.78 is 19.8. The van der Waals surface area contributed by atoms with Gasteiger partial charge in [0.2, 0.25) is 0 Å². The predicted molar refractivity (Wildman–Crippen MR) is 70.7 cm³/mol. The van der Waals surface area contributed by atoms with Crippen molar-refractivity contribution in [2.45, 2.75) is 6.92 Å². The maximum atomic E-state index is 13.6. The van der Waals surface area contributed by atoms with E-state index in [9.17, 15) is 9.18 Å². The lowest BCUT2D eigenvalue weighted by molar-refractivity contribution is 0.112. The minimum Gasteiger partial charge on any atom is -0.452 e. The second-order valence-electron chi connectivity index (χ2n) is 3.81. The molecular weight excluding hydrogens is 299 g/mol. The van der Waals surface area contributed by atoms with Gasteiger partial charge in [0.25, 0.3) is 0 Å². The highest BCUT2D eigenvalue weighted by Gasteiger charge is 2.12. The van der Waals surface area contributed by atoms with Crippen LogP contribution in [0.3, 0.4) is 0 Å². The number of halogens is 2. The number of aldehydes is 1. The number of benzene rings is 2. The number of carbonyl (C=O) groups is 1. The molecule has 0 aliphatic heterocycles. The fourth-order valence-electron chi connectivity index (χ4n) is 1.52. The maximum absolute atomic E-state index is 13.6. The Labute approximate surface area is 113 Å². The second kappa shape index (κ2) is 5.31. The molecule has 0 saturated carbocycles. The summed E-state index contributed by atoms with van der Waals surface area (Å²) in [6.45, 7) is 1.94.